The normalized spacial score (nSPS) is 15.6. The van der Waals surface area contributed by atoms with Crippen LogP contribution in [0.15, 0.2) is 23.1 Å². The van der Waals surface area contributed by atoms with E-state index < -0.39 is 11.7 Å². The number of hydrogen-bond donors (Lipinski definition) is 1. The van der Waals surface area contributed by atoms with Crippen molar-refractivity contribution in [2.75, 3.05) is 36.9 Å². The number of nitrogens with two attached hydrogens (primary N) is 1. The highest BCUT2D eigenvalue weighted by molar-refractivity contribution is 5.83. The largest absolute Gasteiger partial charge is 0.438 e. The van der Waals surface area contributed by atoms with Crippen LogP contribution in [0.25, 0.3) is 22.6 Å². The number of morpholine rings is 1. The van der Waals surface area contributed by atoms with Gasteiger partial charge in [0.05, 0.1) is 24.3 Å². The van der Waals surface area contributed by atoms with Gasteiger partial charge in [0.1, 0.15) is 5.82 Å². The number of oxazole rings is 1. The Bertz CT molecular complexity index is 952. The highest BCUT2D eigenvalue weighted by Gasteiger charge is 2.35. The highest BCUT2D eigenvalue weighted by atomic mass is 19.4. The Balaban J connectivity index is 1.90. The smallest absolute Gasteiger partial charge is 0.417 e. The van der Waals surface area contributed by atoms with E-state index in [9.17, 15) is 13.2 Å². The van der Waals surface area contributed by atoms with Crippen molar-refractivity contribution in [2.45, 2.75) is 6.18 Å². The molecule has 1 aliphatic heterocycles. The number of halogens is 3. The third kappa shape index (κ3) is 2.90. The quantitative estimate of drug-likeness (QED) is 0.736. The fraction of sp³-hybridized carbons (Fsp3) is 0.333. The molecule has 3 aromatic heterocycles. The Kier molecular flexibility index (Phi) is 3.87. The summed E-state index contributed by atoms with van der Waals surface area (Å²) in [7, 11) is 0. The van der Waals surface area contributed by atoms with Crippen molar-refractivity contribution >= 4 is 22.9 Å². The maximum atomic E-state index is 13.4. The van der Waals surface area contributed by atoms with Gasteiger partial charge in [-0.25, -0.2) is 15.0 Å². The van der Waals surface area contributed by atoms with Gasteiger partial charge in [0.15, 0.2) is 18.0 Å². The number of alkyl halides is 3. The summed E-state index contributed by atoms with van der Waals surface area (Å²) in [5.41, 5.74) is 4.67. The number of pyridine rings is 1. The molecule has 4 rings (SSSR count). The van der Waals surface area contributed by atoms with Crippen LogP contribution in [0.4, 0.5) is 24.8 Å². The highest BCUT2D eigenvalue weighted by Crippen LogP contribution is 2.37. The Hall–Kier alpha value is -2.95. The first-order valence-corrected chi connectivity index (χ1v) is 7.70. The van der Waals surface area contributed by atoms with Gasteiger partial charge in [-0.1, -0.05) is 0 Å². The van der Waals surface area contributed by atoms with Crippen LogP contribution >= 0.6 is 0 Å². The summed E-state index contributed by atoms with van der Waals surface area (Å²) in [6.45, 7) is 2.01. The number of hydrogen-bond acceptors (Lipinski definition) is 8. The van der Waals surface area contributed by atoms with Crippen molar-refractivity contribution in [1.29, 1.82) is 0 Å². The van der Waals surface area contributed by atoms with Gasteiger partial charge >= 0.3 is 6.18 Å². The molecule has 0 radical (unpaired) electrons. The van der Waals surface area contributed by atoms with Crippen molar-refractivity contribution in [3.05, 3.63) is 24.2 Å². The fourth-order valence-electron chi connectivity index (χ4n) is 2.74. The number of ether oxygens (including phenoxy) is 1. The van der Waals surface area contributed by atoms with Crippen molar-refractivity contribution in [1.82, 2.24) is 19.9 Å². The molecule has 0 spiro atoms. The summed E-state index contributed by atoms with van der Waals surface area (Å²) >= 11 is 0. The molecule has 0 saturated carbocycles. The standard InChI is InChI=1S/C15H13F3N6O2/c16-15(17,18)9-5-10(19)20-6-8(9)12-22-13-11(26-7-21-13)14(23-12)24-1-3-25-4-2-24/h5-7H,1-4H2,(H2,19,20). The number of nitrogen functional groups attached to an aromatic ring is 1. The molecule has 1 aliphatic rings. The van der Waals surface area contributed by atoms with Crippen molar-refractivity contribution in [3.8, 4) is 11.4 Å². The maximum Gasteiger partial charge on any atom is 0.417 e. The van der Waals surface area contributed by atoms with E-state index in [2.05, 4.69) is 19.9 Å². The van der Waals surface area contributed by atoms with Gasteiger partial charge in [0.25, 0.3) is 0 Å². The van der Waals surface area contributed by atoms with E-state index in [1.807, 2.05) is 4.90 Å². The van der Waals surface area contributed by atoms with Gasteiger partial charge in [-0.05, 0) is 6.07 Å². The summed E-state index contributed by atoms with van der Waals surface area (Å²) < 4.78 is 50.9. The Morgan fingerprint density at radius 3 is 2.62 bits per heavy atom. The molecule has 0 amide bonds. The third-order valence-corrected chi connectivity index (χ3v) is 3.96. The first-order chi connectivity index (χ1) is 12.4. The van der Waals surface area contributed by atoms with Crippen LogP contribution in [-0.4, -0.2) is 46.2 Å². The van der Waals surface area contributed by atoms with Gasteiger partial charge in [-0.2, -0.15) is 18.2 Å². The van der Waals surface area contributed by atoms with Crippen LogP contribution in [0, 0.1) is 0 Å². The number of nitrogens with zero attached hydrogens (tertiary/aromatic N) is 5. The maximum absolute atomic E-state index is 13.4. The van der Waals surface area contributed by atoms with Crippen LogP contribution in [-0.2, 0) is 10.9 Å². The molecule has 11 heteroatoms. The molecule has 0 unspecified atom stereocenters. The number of fused-ring (bicyclic) bond motifs is 1. The summed E-state index contributed by atoms with van der Waals surface area (Å²) in [5.74, 6) is -0.0135. The first-order valence-electron chi connectivity index (χ1n) is 7.70. The summed E-state index contributed by atoms with van der Waals surface area (Å²) in [6.07, 6.45) is -2.44. The topological polar surface area (TPSA) is 103 Å². The van der Waals surface area contributed by atoms with E-state index >= 15 is 0 Å². The number of aromatic nitrogens is 4. The minimum absolute atomic E-state index is 0.146. The average Bonchev–Trinajstić information content (AvgIpc) is 3.09. The number of rotatable bonds is 2. The molecule has 136 valence electrons. The summed E-state index contributed by atoms with van der Waals surface area (Å²) in [4.78, 5) is 18.0. The van der Waals surface area contributed by atoms with E-state index in [1.54, 1.807) is 0 Å². The average molecular weight is 366 g/mol. The minimum Gasteiger partial charge on any atom is -0.438 e. The Morgan fingerprint density at radius 1 is 1.12 bits per heavy atom. The van der Waals surface area contributed by atoms with Crippen molar-refractivity contribution in [3.63, 3.8) is 0 Å². The molecule has 26 heavy (non-hydrogen) atoms. The third-order valence-electron chi connectivity index (χ3n) is 3.96. The van der Waals surface area contributed by atoms with Gasteiger partial charge in [0.2, 0.25) is 11.2 Å². The summed E-state index contributed by atoms with van der Waals surface area (Å²) in [5, 5.41) is 0. The molecule has 0 aliphatic carbocycles. The molecule has 1 fully saturated rings. The second-order valence-corrected chi connectivity index (χ2v) is 5.63. The molecule has 1 saturated heterocycles. The number of anilines is 2. The predicted octanol–water partition coefficient (Wildman–Crippen LogP) is 2.12. The molecule has 8 nitrogen and oxygen atoms in total. The molecule has 3 aromatic rings. The van der Waals surface area contributed by atoms with Gasteiger partial charge < -0.3 is 19.8 Å². The van der Waals surface area contributed by atoms with Gasteiger partial charge in [-0.15, -0.1) is 0 Å². The zero-order valence-electron chi connectivity index (χ0n) is 13.3. The summed E-state index contributed by atoms with van der Waals surface area (Å²) in [6, 6.07) is 0.764. The SMILES string of the molecule is Nc1cc(C(F)(F)F)c(-c2nc(N3CCOCC3)c3ocnc3n2)cn1. The molecular formula is C15H13F3N6O2. The Labute approximate surface area is 144 Å². The monoisotopic (exact) mass is 366 g/mol. The minimum atomic E-state index is -4.63. The molecule has 4 heterocycles. The van der Waals surface area contributed by atoms with Crippen LogP contribution in [0.3, 0.4) is 0 Å². The van der Waals surface area contributed by atoms with E-state index in [0.29, 0.717) is 37.7 Å². The van der Waals surface area contributed by atoms with Crippen molar-refractivity contribution < 1.29 is 22.3 Å². The molecule has 2 N–H and O–H groups in total. The Morgan fingerprint density at radius 2 is 1.88 bits per heavy atom. The van der Waals surface area contributed by atoms with Gasteiger partial charge in [0, 0.05) is 19.3 Å². The lowest BCUT2D eigenvalue weighted by molar-refractivity contribution is -0.137. The predicted molar refractivity (Wildman–Crippen MR) is 85.3 cm³/mol. The first kappa shape index (κ1) is 16.5. The van der Waals surface area contributed by atoms with Crippen LogP contribution in [0.5, 0.6) is 0 Å². The fourth-order valence-corrected chi connectivity index (χ4v) is 2.74. The van der Waals surface area contributed by atoms with E-state index in [-0.39, 0.29) is 22.9 Å². The van der Waals surface area contributed by atoms with Gasteiger partial charge in [-0.3, -0.25) is 0 Å². The van der Waals surface area contributed by atoms with E-state index in [1.165, 1.54) is 6.39 Å². The van der Waals surface area contributed by atoms with E-state index in [0.717, 1.165) is 12.3 Å². The second-order valence-electron chi connectivity index (χ2n) is 5.63. The second kappa shape index (κ2) is 6.09. The lowest BCUT2D eigenvalue weighted by Gasteiger charge is -2.27. The lowest BCUT2D eigenvalue weighted by atomic mass is 10.1. The van der Waals surface area contributed by atoms with Crippen molar-refractivity contribution in [2.24, 2.45) is 0 Å². The zero-order chi connectivity index (χ0) is 18.3. The van der Waals surface area contributed by atoms with Crippen LogP contribution in [0.2, 0.25) is 0 Å². The molecule has 0 bridgehead atoms. The molecule has 0 atom stereocenters. The lowest BCUT2D eigenvalue weighted by Crippen LogP contribution is -2.37. The van der Waals surface area contributed by atoms with Crippen LogP contribution < -0.4 is 10.6 Å². The van der Waals surface area contributed by atoms with E-state index in [4.69, 9.17) is 14.9 Å². The zero-order valence-corrected chi connectivity index (χ0v) is 13.3. The molecular weight excluding hydrogens is 353 g/mol. The van der Waals surface area contributed by atoms with Crippen LogP contribution in [0.1, 0.15) is 5.56 Å². The molecule has 0 aromatic carbocycles.